The Morgan fingerprint density at radius 1 is 1.13 bits per heavy atom. The third-order valence-corrected chi connectivity index (χ3v) is 15.0. The van der Waals surface area contributed by atoms with E-state index < -0.39 is 13.8 Å². The van der Waals surface area contributed by atoms with Crippen LogP contribution in [0.1, 0.15) is 86.8 Å². The van der Waals surface area contributed by atoms with Gasteiger partial charge in [0.05, 0.1) is 11.9 Å². The van der Waals surface area contributed by atoms with Crippen molar-refractivity contribution >= 4 is 25.8 Å². The van der Waals surface area contributed by atoms with E-state index in [0.717, 1.165) is 35.3 Å². The average Bonchev–Trinajstić information content (AvgIpc) is 3.45. The summed E-state index contributed by atoms with van der Waals surface area (Å²) in [6.45, 7) is 21.2. The lowest BCUT2D eigenvalue weighted by Crippen LogP contribution is -2.51. The Hall–Kier alpha value is -2.81. The molecule has 3 aromatic heterocycles. The SMILES string of the molecule is CC(C)[Si](C(C)C)(C(C)C)n1ccc(-c2cnn3c(N)cc(C4CCCN(C(=O)OC(C)(C)C)C4)nc23)c1. The van der Waals surface area contributed by atoms with Gasteiger partial charge in [-0.1, -0.05) is 41.5 Å². The van der Waals surface area contributed by atoms with E-state index in [1.165, 1.54) is 0 Å². The van der Waals surface area contributed by atoms with E-state index in [1.807, 2.05) is 33.0 Å². The summed E-state index contributed by atoms with van der Waals surface area (Å²) in [6.07, 6.45) is 8.02. The fourth-order valence-corrected chi connectivity index (χ4v) is 13.3. The molecule has 8 nitrogen and oxygen atoms in total. The van der Waals surface area contributed by atoms with Crippen molar-refractivity contribution in [2.45, 2.75) is 103 Å². The van der Waals surface area contributed by atoms with Crippen LogP contribution in [-0.2, 0) is 4.74 Å². The van der Waals surface area contributed by atoms with Crippen LogP contribution in [0.2, 0.25) is 16.6 Å². The number of fused-ring (bicyclic) bond motifs is 1. The van der Waals surface area contributed by atoms with Crippen LogP contribution in [-0.4, -0.2) is 56.7 Å². The molecule has 1 unspecified atom stereocenters. The number of piperidine rings is 1. The number of rotatable bonds is 6. The first-order valence-electron chi connectivity index (χ1n) is 14.1. The Morgan fingerprint density at radius 2 is 1.79 bits per heavy atom. The monoisotopic (exact) mass is 538 g/mol. The maximum Gasteiger partial charge on any atom is 0.410 e. The highest BCUT2D eigenvalue weighted by Crippen LogP contribution is 2.43. The number of hydrogen-bond acceptors (Lipinski definition) is 5. The zero-order valence-electron chi connectivity index (χ0n) is 24.7. The van der Waals surface area contributed by atoms with E-state index in [4.69, 9.17) is 15.5 Å². The first-order valence-corrected chi connectivity index (χ1v) is 16.2. The number of ether oxygens (including phenoxy) is 1. The second-order valence-electron chi connectivity index (χ2n) is 12.8. The fraction of sp³-hybridized carbons (Fsp3) is 0.621. The van der Waals surface area contributed by atoms with Crippen LogP contribution < -0.4 is 5.73 Å². The van der Waals surface area contributed by atoms with Crippen LogP contribution >= 0.6 is 0 Å². The molecule has 0 spiro atoms. The molecule has 0 radical (unpaired) electrons. The number of nitrogens with zero attached hydrogens (tertiary/aromatic N) is 5. The van der Waals surface area contributed by atoms with Crippen molar-refractivity contribution in [3.8, 4) is 11.1 Å². The summed E-state index contributed by atoms with van der Waals surface area (Å²) >= 11 is 0. The Labute approximate surface area is 228 Å². The van der Waals surface area contributed by atoms with E-state index in [0.29, 0.717) is 35.5 Å². The highest BCUT2D eigenvalue weighted by Gasteiger charge is 2.45. The number of hydrogen-bond donors (Lipinski definition) is 1. The molecular weight excluding hydrogens is 492 g/mol. The Balaban J connectivity index is 1.69. The molecule has 2 N–H and O–H groups in total. The van der Waals surface area contributed by atoms with E-state index in [1.54, 1.807) is 9.42 Å². The van der Waals surface area contributed by atoms with Crippen molar-refractivity contribution in [2.24, 2.45) is 0 Å². The zero-order valence-corrected chi connectivity index (χ0v) is 25.7. The maximum absolute atomic E-state index is 12.7. The van der Waals surface area contributed by atoms with Gasteiger partial charge in [0.1, 0.15) is 11.4 Å². The van der Waals surface area contributed by atoms with Crippen molar-refractivity contribution in [3.63, 3.8) is 0 Å². The van der Waals surface area contributed by atoms with Crippen molar-refractivity contribution in [1.29, 1.82) is 0 Å². The molecule has 1 fully saturated rings. The van der Waals surface area contributed by atoms with E-state index in [2.05, 4.69) is 69.3 Å². The summed E-state index contributed by atoms with van der Waals surface area (Å²) in [6, 6.07) is 4.10. The number of carbonyl (C=O) groups is 1. The molecule has 1 atom stereocenters. The van der Waals surface area contributed by atoms with Gasteiger partial charge >= 0.3 is 6.09 Å². The van der Waals surface area contributed by atoms with Gasteiger partial charge in [-0.2, -0.15) is 9.61 Å². The first kappa shape index (κ1) is 28.2. The minimum atomic E-state index is -1.85. The standard InChI is InChI=1S/C29H46N6O2Si/c1-19(2)38(20(3)4,21(5)6)34-14-12-22(18-34)24-16-31-35-26(30)15-25(32-27(24)35)23-11-10-13-33(17-23)28(36)37-29(7,8)9/h12,14-16,18-21,23H,10-11,13,17,30H2,1-9H3. The molecule has 4 rings (SSSR count). The van der Waals surface area contributed by atoms with Crippen LogP contribution in [0.4, 0.5) is 10.6 Å². The van der Waals surface area contributed by atoms with Gasteiger partial charge in [-0.25, -0.2) is 9.78 Å². The van der Waals surface area contributed by atoms with Gasteiger partial charge in [-0.3, -0.25) is 0 Å². The molecule has 1 amide bonds. The predicted octanol–water partition coefficient (Wildman–Crippen LogP) is 6.92. The molecule has 0 aliphatic carbocycles. The molecular formula is C29H46N6O2Si. The first-order chi connectivity index (χ1) is 17.8. The zero-order chi connectivity index (χ0) is 28.0. The largest absolute Gasteiger partial charge is 0.444 e. The van der Waals surface area contributed by atoms with Gasteiger partial charge in [-0.05, 0) is 62.5 Å². The van der Waals surface area contributed by atoms with Crippen LogP contribution in [0.15, 0.2) is 30.7 Å². The quantitative estimate of drug-likeness (QED) is 0.344. The number of nitrogens with two attached hydrogens (primary N) is 1. The second kappa shape index (κ2) is 10.4. The van der Waals surface area contributed by atoms with Crippen molar-refractivity contribution in [1.82, 2.24) is 23.7 Å². The molecule has 1 saturated heterocycles. The number of anilines is 1. The highest BCUT2D eigenvalue weighted by atomic mass is 28.3. The summed E-state index contributed by atoms with van der Waals surface area (Å²) in [4.78, 5) is 19.6. The molecule has 208 valence electrons. The summed E-state index contributed by atoms with van der Waals surface area (Å²) in [7, 11) is -1.85. The third kappa shape index (κ3) is 5.09. The Bertz CT molecular complexity index is 1260. The molecule has 4 heterocycles. The van der Waals surface area contributed by atoms with Crippen LogP contribution in [0.3, 0.4) is 0 Å². The van der Waals surface area contributed by atoms with Crippen molar-refractivity contribution < 1.29 is 9.53 Å². The fourth-order valence-electron chi connectivity index (χ4n) is 6.82. The summed E-state index contributed by atoms with van der Waals surface area (Å²) < 4.78 is 9.89. The van der Waals surface area contributed by atoms with Gasteiger partial charge in [-0.15, -0.1) is 0 Å². The van der Waals surface area contributed by atoms with Crippen LogP contribution in [0.5, 0.6) is 0 Å². The van der Waals surface area contributed by atoms with Gasteiger partial charge in [0.15, 0.2) is 13.9 Å². The lowest BCUT2D eigenvalue weighted by atomic mass is 9.94. The number of carbonyl (C=O) groups excluding carboxylic acids is 1. The maximum atomic E-state index is 12.7. The topological polar surface area (TPSA) is 90.7 Å². The molecule has 38 heavy (non-hydrogen) atoms. The Morgan fingerprint density at radius 3 is 2.39 bits per heavy atom. The van der Waals surface area contributed by atoms with E-state index in [9.17, 15) is 4.79 Å². The lowest BCUT2D eigenvalue weighted by Gasteiger charge is -2.44. The minimum Gasteiger partial charge on any atom is -0.444 e. The summed E-state index contributed by atoms with van der Waals surface area (Å²) in [5, 5.41) is 4.59. The molecule has 1 aliphatic rings. The Kier molecular flexibility index (Phi) is 7.71. The lowest BCUT2D eigenvalue weighted by molar-refractivity contribution is 0.0197. The normalized spacial score (nSPS) is 17.3. The predicted molar refractivity (Wildman–Crippen MR) is 157 cm³/mol. The van der Waals surface area contributed by atoms with E-state index in [-0.39, 0.29) is 12.0 Å². The summed E-state index contributed by atoms with van der Waals surface area (Å²) in [5.74, 6) is 0.652. The van der Waals surface area contributed by atoms with Gasteiger partial charge in [0.2, 0.25) is 0 Å². The number of aromatic nitrogens is 4. The average molecular weight is 539 g/mol. The van der Waals surface area contributed by atoms with Gasteiger partial charge in [0.25, 0.3) is 0 Å². The molecule has 3 aromatic rings. The highest BCUT2D eigenvalue weighted by molar-refractivity contribution is 6.82. The molecule has 0 saturated carbocycles. The molecule has 1 aliphatic heterocycles. The number of amides is 1. The van der Waals surface area contributed by atoms with Crippen LogP contribution in [0.25, 0.3) is 16.8 Å². The van der Waals surface area contributed by atoms with Crippen molar-refractivity contribution in [2.75, 3.05) is 18.8 Å². The third-order valence-electron chi connectivity index (χ3n) is 8.24. The van der Waals surface area contributed by atoms with Gasteiger partial charge < -0.3 is 19.6 Å². The minimum absolute atomic E-state index is 0.0961. The molecule has 9 heteroatoms. The van der Waals surface area contributed by atoms with E-state index >= 15 is 0 Å². The van der Waals surface area contributed by atoms with Crippen LogP contribution in [0, 0.1) is 0 Å². The molecule has 0 bridgehead atoms. The van der Waals surface area contributed by atoms with Crippen molar-refractivity contribution in [3.05, 3.63) is 36.4 Å². The summed E-state index contributed by atoms with van der Waals surface area (Å²) in [5.41, 5.74) is 11.5. The molecule has 0 aromatic carbocycles. The van der Waals surface area contributed by atoms with Gasteiger partial charge in [0, 0.05) is 42.4 Å². The number of likely N-dealkylation sites (tertiary alicyclic amines) is 1. The second-order valence-corrected chi connectivity index (χ2v) is 18.6. The smallest absolute Gasteiger partial charge is 0.410 e. The number of nitrogen functional groups attached to an aromatic ring is 1.